The minimum atomic E-state index is -0.723. The molecule has 6 heteroatoms. The fourth-order valence-electron chi connectivity index (χ4n) is 1.40. The van der Waals surface area contributed by atoms with Gasteiger partial charge in [-0.25, -0.2) is 4.79 Å². The van der Waals surface area contributed by atoms with Crippen molar-refractivity contribution in [3.8, 4) is 17.2 Å². The number of carbonyl (C=O) groups is 1. The van der Waals surface area contributed by atoms with Crippen molar-refractivity contribution in [1.29, 1.82) is 0 Å². The third kappa shape index (κ3) is 2.05. The SMILES string of the molecule is CC(=O)Oc1cc(=O)oc2cc(O)c(O)cc12. The molecule has 0 unspecified atom stereocenters. The number of ether oxygens (including phenoxy) is 1. The average Bonchev–Trinajstić information content (AvgIpc) is 2.20. The molecule has 17 heavy (non-hydrogen) atoms. The second-order valence-corrected chi connectivity index (χ2v) is 3.36. The summed E-state index contributed by atoms with van der Waals surface area (Å²) in [6.07, 6.45) is 0. The van der Waals surface area contributed by atoms with Gasteiger partial charge in [0.15, 0.2) is 11.5 Å². The molecule has 0 saturated heterocycles. The molecule has 1 aromatic heterocycles. The fraction of sp³-hybridized carbons (Fsp3) is 0.0909. The van der Waals surface area contributed by atoms with Gasteiger partial charge >= 0.3 is 11.6 Å². The monoisotopic (exact) mass is 236 g/mol. The van der Waals surface area contributed by atoms with E-state index in [9.17, 15) is 19.8 Å². The number of hydrogen-bond acceptors (Lipinski definition) is 6. The topological polar surface area (TPSA) is 97.0 Å². The van der Waals surface area contributed by atoms with E-state index in [0.29, 0.717) is 0 Å². The summed E-state index contributed by atoms with van der Waals surface area (Å²) in [7, 11) is 0. The maximum Gasteiger partial charge on any atom is 0.339 e. The molecule has 0 atom stereocenters. The molecule has 1 heterocycles. The van der Waals surface area contributed by atoms with Crippen molar-refractivity contribution in [3.05, 3.63) is 28.6 Å². The van der Waals surface area contributed by atoms with E-state index in [4.69, 9.17) is 9.15 Å². The molecule has 88 valence electrons. The summed E-state index contributed by atoms with van der Waals surface area (Å²) in [5.41, 5.74) is -0.706. The van der Waals surface area contributed by atoms with Gasteiger partial charge in [-0.2, -0.15) is 0 Å². The quantitative estimate of drug-likeness (QED) is 0.437. The molecule has 0 fully saturated rings. The summed E-state index contributed by atoms with van der Waals surface area (Å²) in [6, 6.07) is 3.20. The van der Waals surface area contributed by atoms with Crippen molar-refractivity contribution in [2.75, 3.05) is 0 Å². The maximum absolute atomic E-state index is 11.2. The molecule has 0 radical (unpaired) electrons. The molecule has 2 aromatic rings. The molecule has 0 amide bonds. The highest BCUT2D eigenvalue weighted by molar-refractivity contribution is 5.88. The lowest BCUT2D eigenvalue weighted by atomic mass is 10.2. The highest BCUT2D eigenvalue weighted by Gasteiger charge is 2.12. The Morgan fingerprint density at radius 1 is 1.24 bits per heavy atom. The molecule has 0 saturated carbocycles. The van der Waals surface area contributed by atoms with Gasteiger partial charge in [-0.3, -0.25) is 4.79 Å². The van der Waals surface area contributed by atoms with Crippen LogP contribution in [0.15, 0.2) is 27.4 Å². The van der Waals surface area contributed by atoms with Crippen LogP contribution in [-0.4, -0.2) is 16.2 Å². The predicted molar refractivity (Wildman–Crippen MR) is 57.1 cm³/mol. The number of fused-ring (bicyclic) bond motifs is 1. The predicted octanol–water partition coefficient (Wildman–Crippen LogP) is 1.13. The van der Waals surface area contributed by atoms with Crippen molar-refractivity contribution < 1.29 is 24.2 Å². The third-order valence-corrected chi connectivity index (χ3v) is 2.06. The van der Waals surface area contributed by atoms with E-state index in [0.717, 1.165) is 18.2 Å². The third-order valence-electron chi connectivity index (χ3n) is 2.06. The molecule has 0 aliphatic heterocycles. The maximum atomic E-state index is 11.2. The number of phenols is 2. The first-order valence-electron chi connectivity index (χ1n) is 4.65. The first kappa shape index (κ1) is 11.0. The zero-order chi connectivity index (χ0) is 12.6. The molecule has 6 nitrogen and oxygen atoms in total. The summed E-state index contributed by atoms with van der Waals surface area (Å²) in [4.78, 5) is 22.0. The van der Waals surface area contributed by atoms with Crippen LogP contribution in [0.5, 0.6) is 17.2 Å². The van der Waals surface area contributed by atoms with Crippen LogP contribution in [0.2, 0.25) is 0 Å². The number of benzene rings is 1. The lowest BCUT2D eigenvalue weighted by Gasteiger charge is -2.05. The van der Waals surface area contributed by atoms with E-state index >= 15 is 0 Å². The van der Waals surface area contributed by atoms with Crippen LogP contribution in [0.3, 0.4) is 0 Å². The number of hydrogen-bond donors (Lipinski definition) is 2. The minimum absolute atomic E-state index is 0.0176. The van der Waals surface area contributed by atoms with Crippen LogP contribution >= 0.6 is 0 Å². The van der Waals surface area contributed by atoms with Crippen LogP contribution in [0.25, 0.3) is 11.0 Å². The van der Waals surface area contributed by atoms with Gasteiger partial charge in [-0.1, -0.05) is 0 Å². The number of phenolic OH excluding ortho intramolecular Hbond substituents is 2. The van der Waals surface area contributed by atoms with E-state index in [1.807, 2.05) is 0 Å². The standard InChI is InChI=1S/C11H8O6/c1-5(12)16-10-4-11(15)17-9-3-8(14)7(13)2-6(9)10/h2-4,13-14H,1H3. The highest BCUT2D eigenvalue weighted by Crippen LogP contribution is 2.33. The van der Waals surface area contributed by atoms with Crippen molar-refractivity contribution in [2.24, 2.45) is 0 Å². The largest absolute Gasteiger partial charge is 0.504 e. The summed E-state index contributed by atoms with van der Waals surface area (Å²) in [5.74, 6) is -1.47. The van der Waals surface area contributed by atoms with Crippen molar-refractivity contribution in [1.82, 2.24) is 0 Å². The zero-order valence-corrected chi connectivity index (χ0v) is 8.76. The van der Waals surface area contributed by atoms with Crippen molar-refractivity contribution in [3.63, 3.8) is 0 Å². The Labute approximate surface area is 94.7 Å². The molecule has 1 aromatic carbocycles. The van der Waals surface area contributed by atoms with Crippen molar-refractivity contribution in [2.45, 2.75) is 6.92 Å². The summed E-state index contributed by atoms with van der Waals surface area (Å²) in [5, 5.41) is 18.8. The Kier molecular flexibility index (Phi) is 2.47. The molecule has 2 rings (SSSR count). The molecule has 2 N–H and O–H groups in total. The lowest BCUT2D eigenvalue weighted by molar-refractivity contribution is -0.131. The summed E-state index contributed by atoms with van der Waals surface area (Å²) in [6.45, 7) is 1.18. The molecule has 0 aliphatic carbocycles. The second-order valence-electron chi connectivity index (χ2n) is 3.36. The van der Waals surface area contributed by atoms with E-state index < -0.39 is 23.1 Å². The van der Waals surface area contributed by atoms with Crippen LogP contribution in [-0.2, 0) is 4.79 Å². The van der Waals surface area contributed by atoms with Crippen LogP contribution < -0.4 is 10.4 Å². The van der Waals surface area contributed by atoms with Crippen LogP contribution in [0.4, 0.5) is 0 Å². The molecular formula is C11H8O6. The second kappa shape index (κ2) is 3.82. The van der Waals surface area contributed by atoms with Gasteiger partial charge in [-0.05, 0) is 6.07 Å². The normalized spacial score (nSPS) is 10.4. The number of rotatable bonds is 1. The first-order valence-corrected chi connectivity index (χ1v) is 4.65. The molecular weight excluding hydrogens is 228 g/mol. The molecule has 0 aliphatic rings. The van der Waals surface area contributed by atoms with Crippen LogP contribution in [0.1, 0.15) is 6.92 Å². The van der Waals surface area contributed by atoms with E-state index in [1.165, 1.54) is 6.92 Å². The minimum Gasteiger partial charge on any atom is -0.504 e. The fourth-order valence-corrected chi connectivity index (χ4v) is 1.40. The van der Waals surface area contributed by atoms with E-state index in [2.05, 4.69) is 0 Å². The van der Waals surface area contributed by atoms with Gasteiger partial charge < -0.3 is 19.4 Å². The highest BCUT2D eigenvalue weighted by atomic mass is 16.5. The van der Waals surface area contributed by atoms with E-state index in [-0.39, 0.29) is 16.7 Å². The van der Waals surface area contributed by atoms with Gasteiger partial charge in [0.25, 0.3) is 0 Å². The number of esters is 1. The summed E-state index contributed by atoms with van der Waals surface area (Å²) < 4.78 is 9.61. The Morgan fingerprint density at radius 3 is 2.53 bits per heavy atom. The van der Waals surface area contributed by atoms with Crippen molar-refractivity contribution >= 4 is 16.9 Å². The Balaban J connectivity index is 2.78. The molecule has 0 spiro atoms. The van der Waals surface area contributed by atoms with Crippen LogP contribution in [0, 0.1) is 0 Å². The molecule has 0 bridgehead atoms. The van der Waals surface area contributed by atoms with Gasteiger partial charge in [0, 0.05) is 13.0 Å². The smallest absolute Gasteiger partial charge is 0.339 e. The Morgan fingerprint density at radius 2 is 1.88 bits per heavy atom. The first-order chi connectivity index (χ1) is 7.97. The van der Waals surface area contributed by atoms with E-state index in [1.54, 1.807) is 0 Å². The van der Waals surface area contributed by atoms with Gasteiger partial charge in [0.1, 0.15) is 11.3 Å². The van der Waals surface area contributed by atoms with Gasteiger partial charge in [-0.15, -0.1) is 0 Å². The zero-order valence-electron chi connectivity index (χ0n) is 8.76. The lowest BCUT2D eigenvalue weighted by Crippen LogP contribution is -2.05. The van der Waals surface area contributed by atoms with Gasteiger partial charge in [0.2, 0.25) is 0 Å². The van der Waals surface area contributed by atoms with Gasteiger partial charge in [0.05, 0.1) is 11.5 Å². The average molecular weight is 236 g/mol. The number of aromatic hydroxyl groups is 2. The summed E-state index contributed by atoms with van der Waals surface area (Å²) >= 11 is 0. The number of carbonyl (C=O) groups excluding carboxylic acids is 1. The Hall–Kier alpha value is -2.50. The Bertz CT molecular complexity index is 655.